The molecule has 0 fully saturated rings. The molecule has 4 heteroatoms. The molecule has 1 amide bonds. The van der Waals surface area contributed by atoms with Crippen LogP contribution < -0.4 is 5.32 Å². The monoisotopic (exact) mass is 379 g/mol. The Balaban J connectivity index is 1.59. The van der Waals surface area contributed by atoms with Crippen LogP contribution in [0.25, 0.3) is 17.4 Å². The fourth-order valence-corrected chi connectivity index (χ4v) is 2.95. The maximum Gasteiger partial charge on any atom is 0.248 e. The van der Waals surface area contributed by atoms with E-state index in [4.69, 9.17) is 16.0 Å². The summed E-state index contributed by atoms with van der Waals surface area (Å²) < 4.78 is 5.75. The van der Waals surface area contributed by atoms with Gasteiger partial charge in [0, 0.05) is 17.3 Å². The summed E-state index contributed by atoms with van der Waals surface area (Å²) in [5.74, 6) is 1.06. The Morgan fingerprint density at radius 2 is 1.85 bits per heavy atom. The van der Waals surface area contributed by atoms with Crippen LogP contribution in [0.15, 0.2) is 71.2 Å². The quantitative estimate of drug-likeness (QED) is 0.470. The molecule has 3 nitrogen and oxygen atoms in total. The lowest BCUT2D eigenvalue weighted by Gasteiger charge is -2.04. The highest BCUT2D eigenvalue weighted by molar-refractivity contribution is 6.33. The number of anilines is 1. The SMILES string of the molecule is CCCCc1ccc(NC(=O)/C=C/c2ccc(-c3ccccc3Cl)o2)cc1. The lowest BCUT2D eigenvalue weighted by atomic mass is 10.1. The Labute approximate surface area is 164 Å². The molecule has 0 saturated heterocycles. The van der Waals surface area contributed by atoms with Crippen LogP contribution in [0, 0.1) is 0 Å². The zero-order chi connectivity index (χ0) is 19.1. The van der Waals surface area contributed by atoms with Gasteiger partial charge >= 0.3 is 0 Å². The van der Waals surface area contributed by atoms with Gasteiger partial charge in [-0.2, -0.15) is 0 Å². The summed E-state index contributed by atoms with van der Waals surface area (Å²) >= 11 is 6.18. The van der Waals surface area contributed by atoms with Crippen molar-refractivity contribution in [3.63, 3.8) is 0 Å². The molecule has 3 rings (SSSR count). The van der Waals surface area contributed by atoms with Crippen molar-refractivity contribution in [2.45, 2.75) is 26.2 Å². The highest BCUT2D eigenvalue weighted by atomic mass is 35.5. The minimum absolute atomic E-state index is 0.202. The van der Waals surface area contributed by atoms with Crippen LogP contribution in [-0.2, 0) is 11.2 Å². The van der Waals surface area contributed by atoms with Crippen LogP contribution >= 0.6 is 11.6 Å². The number of rotatable bonds is 7. The minimum Gasteiger partial charge on any atom is -0.457 e. The van der Waals surface area contributed by atoms with Crippen molar-refractivity contribution in [3.8, 4) is 11.3 Å². The molecule has 0 aliphatic rings. The minimum atomic E-state index is -0.202. The number of furan rings is 1. The van der Waals surface area contributed by atoms with Gasteiger partial charge in [-0.1, -0.05) is 49.2 Å². The number of carbonyl (C=O) groups excluding carboxylic acids is 1. The molecule has 138 valence electrons. The molecule has 0 radical (unpaired) electrons. The zero-order valence-electron chi connectivity index (χ0n) is 15.2. The van der Waals surface area contributed by atoms with E-state index in [9.17, 15) is 4.79 Å². The summed E-state index contributed by atoms with van der Waals surface area (Å²) in [6, 6.07) is 19.1. The number of aryl methyl sites for hydroxylation is 1. The Kier molecular flexibility index (Phi) is 6.50. The van der Waals surface area contributed by atoms with Gasteiger partial charge in [-0.25, -0.2) is 0 Å². The molecule has 0 aliphatic carbocycles. The van der Waals surface area contributed by atoms with E-state index in [0.29, 0.717) is 16.5 Å². The molecule has 0 unspecified atom stereocenters. The first-order chi connectivity index (χ1) is 13.2. The molecule has 2 aromatic carbocycles. The third-order valence-electron chi connectivity index (χ3n) is 4.21. The smallest absolute Gasteiger partial charge is 0.248 e. The molecule has 0 atom stereocenters. The van der Waals surface area contributed by atoms with E-state index in [1.807, 2.05) is 48.5 Å². The summed E-state index contributed by atoms with van der Waals surface area (Å²) in [7, 11) is 0. The number of unbranched alkanes of at least 4 members (excludes halogenated alkanes) is 1. The van der Waals surface area contributed by atoms with Crippen LogP contribution in [0.2, 0.25) is 5.02 Å². The van der Waals surface area contributed by atoms with Crippen molar-refractivity contribution in [2.24, 2.45) is 0 Å². The normalized spacial score (nSPS) is 11.0. The van der Waals surface area contributed by atoms with E-state index < -0.39 is 0 Å². The van der Waals surface area contributed by atoms with Gasteiger partial charge in [0.15, 0.2) is 0 Å². The molecular weight excluding hydrogens is 358 g/mol. The molecule has 1 aromatic heterocycles. The van der Waals surface area contributed by atoms with Crippen molar-refractivity contribution in [2.75, 3.05) is 5.32 Å². The number of benzene rings is 2. The van der Waals surface area contributed by atoms with Crippen LogP contribution in [0.5, 0.6) is 0 Å². The van der Waals surface area contributed by atoms with Crippen LogP contribution in [0.1, 0.15) is 31.1 Å². The van der Waals surface area contributed by atoms with E-state index in [0.717, 1.165) is 17.7 Å². The molecule has 1 heterocycles. The third-order valence-corrected chi connectivity index (χ3v) is 4.54. The zero-order valence-corrected chi connectivity index (χ0v) is 16.0. The summed E-state index contributed by atoms with van der Waals surface area (Å²) in [4.78, 5) is 12.1. The number of nitrogens with one attached hydrogen (secondary N) is 1. The Bertz CT molecular complexity index is 926. The summed E-state index contributed by atoms with van der Waals surface area (Å²) in [6.07, 6.45) is 6.52. The number of carbonyl (C=O) groups is 1. The first-order valence-electron chi connectivity index (χ1n) is 9.08. The summed E-state index contributed by atoms with van der Waals surface area (Å²) in [6.45, 7) is 2.18. The predicted molar refractivity (Wildman–Crippen MR) is 112 cm³/mol. The fraction of sp³-hybridized carbons (Fsp3) is 0.174. The van der Waals surface area contributed by atoms with E-state index in [1.54, 1.807) is 6.08 Å². The number of hydrogen-bond donors (Lipinski definition) is 1. The van der Waals surface area contributed by atoms with E-state index in [2.05, 4.69) is 24.4 Å². The molecule has 1 N–H and O–H groups in total. The van der Waals surface area contributed by atoms with Gasteiger partial charge in [0.25, 0.3) is 0 Å². The van der Waals surface area contributed by atoms with Crippen LogP contribution in [-0.4, -0.2) is 5.91 Å². The average molecular weight is 380 g/mol. The van der Waals surface area contributed by atoms with Crippen molar-refractivity contribution >= 4 is 29.3 Å². The van der Waals surface area contributed by atoms with Crippen LogP contribution in [0.4, 0.5) is 5.69 Å². The second-order valence-electron chi connectivity index (χ2n) is 6.30. The van der Waals surface area contributed by atoms with Gasteiger partial charge in [-0.05, 0) is 60.9 Å². The second kappa shape index (κ2) is 9.24. The number of hydrogen-bond acceptors (Lipinski definition) is 2. The fourth-order valence-electron chi connectivity index (χ4n) is 2.73. The Morgan fingerprint density at radius 3 is 2.59 bits per heavy atom. The number of amides is 1. The lowest BCUT2D eigenvalue weighted by Crippen LogP contribution is -2.07. The standard InChI is InChI=1S/C23H22ClNO2/c1-2-3-6-17-9-11-18(12-10-17)25-23(26)16-14-19-13-15-22(27-19)20-7-4-5-8-21(20)24/h4-5,7-16H,2-3,6H2,1H3,(H,25,26)/b16-14+. The molecule has 27 heavy (non-hydrogen) atoms. The maximum atomic E-state index is 12.1. The molecule has 0 bridgehead atoms. The molecular formula is C23H22ClNO2. The highest BCUT2D eigenvalue weighted by Crippen LogP contribution is 2.29. The summed E-state index contributed by atoms with van der Waals surface area (Å²) in [5, 5.41) is 3.48. The van der Waals surface area contributed by atoms with Crippen molar-refractivity contribution in [3.05, 3.63) is 83.1 Å². The first kappa shape index (κ1) is 19.0. The molecule has 0 saturated carbocycles. The van der Waals surface area contributed by atoms with E-state index in [-0.39, 0.29) is 5.91 Å². The van der Waals surface area contributed by atoms with Crippen LogP contribution in [0.3, 0.4) is 0 Å². The van der Waals surface area contributed by atoms with Crippen molar-refractivity contribution in [1.82, 2.24) is 0 Å². The largest absolute Gasteiger partial charge is 0.457 e. The highest BCUT2D eigenvalue weighted by Gasteiger charge is 2.07. The second-order valence-corrected chi connectivity index (χ2v) is 6.71. The molecule has 0 aliphatic heterocycles. The van der Waals surface area contributed by atoms with Gasteiger partial charge in [-0.15, -0.1) is 0 Å². The summed E-state index contributed by atoms with van der Waals surface area (Å²) in [5.41, 5.74) is 2.89. The van der Waals surface area contributed by atoms with E-state index in [1.165, 1.54) is 24.5 Å². The molecule has 0 spiro atoms. The third kappa shape index (κ3) is 5.35. The number of halogens is 1. The molecule has 3 aromatic rings. The predicted octanol–water partition coefficient (Wildman–Crippen LogP) is 6.59. The lowest BCUT2D eigenvalue weighted by molar-refractivity contribution is -0.111. The topological polar surface area (TPSA) is 42.2 Å². The first-order valence-corrected chi connectivity index (χ1v) is 9.46. The van der Waals surface area contributed by atoms with Crippen molar-refractivity contribution in [1.29, 1.82) is 0 Å². The Hall–Kier alpha value is -2.78. The van der Waals surface area contributed by atoms with Gasteiger partial charge in [-0.3, -0.25) is 4.79 Å². The van der Waals surface area contributed by atoms with Crippen molar-refractivity contribution < 1.29 is 9.21 Å². The maximum absolute atomic E-state index is 12.1. The average Bonchev–Trinajstić information content (AvgIpc) is 3.15. The van der Waals surface area contributed by atoms with Gasteiger partial charge < -0.3 is 9.73 Å². The van der Waals surface area contributed by atoms with Gasteiger partial charge in [0.1, 0.15) is 11.5 Å². The van der Waals surface area contributed by atoms with Gasteiger partial charge in [0.05, 0.1) is 5.02 Å². The Morgan fingerprint density at radius 1 is 1.07 bits per heavy atom. The van der Waals surface area contributed by atoms with Gasteiger partial charge in [0.2, 0.25) is 5.91 Å². The van der Waals surface area contributed by atoms with E-state index >= 15 is 0 Å².